The van der Waals surface area contributed by atoms with E-state index in [4.69, 9.17) is 9.15 Å². The highest BCUT2D eigenvalue weighted by molar-refractivity contribution is 7.89. The van der Waals surface area contributed by atoms with Crippen LogP contribution in [0.1, 0.15) is 74.6 Å². The number of rotatable bonds is 16. The number of nitrogens with zero attached hydrogens (tertiary/aromatic N) is 2. The van der Waals surface area contributed by atoms with Gasteiger partial charge in [0.1, 0.15) is 17.1 Å². The van der Waals surface area contributed by atoms with Crippen molar-refractivity contribution in [3.05, 3.63) is 59.4 Å². The molecule has 0 fully saturated rings. The number of ketones is 1. The van der Waals surface area contributed by atoms with Gasteiger partial charge in [0.15, 0.2) is 5.78 Å². The summed E-state index contributed by atoms with van der Waals surface area (Å²) in [6.07, 6.45) is 6.31. The van der Waals surface area contributed by atoms with E-state index in [1.807, 2.05) is 19.1 Å². The molecule has 1 aromatic heterocycles. The first-order valence-corrected chi connectivity index (χ1v) is 15.1. The first-order chi connectivity index (χ1) is 18.2. The van der Waals surface area contributed by atoms with E-state index < -0.39 is 10.0 Å². The second kappa shape index (κ2) is 13.9. The summed E-state index contributed by atoms with van der Waals surface area (Å²) >= 11 is 0. The zero-order valence-electron chi connectivity index (χ0n) is 23.5. The van der Waals surface area contributed by atoms with Crippen molar-refractivity contribution in [2.24, 2.45) is 0 Å². The molecular formula is C30H42N2O5S. The fraction of sp³-hybridized carbons (Fsp3) is 0.500. The van der Waals surface area contributed by atoms with Gasteiger partial charge in [-0.2, -0.15) is 0 Å². The van der Waals surface area contributed by atoms with E-state index in [0.717, 1.165) is 36.1 Å². The van der Waals surface area contributed by atoms with Gasteiger partial charge in [-0.3, -0.25) is 4.79 Å². The minimum Gasteiger partial charge on any atom is -0.494 e. The number of hydrogen-bond acceptors (Lipinski definition) is 6. The molecule has 0 amide bonds. The van der Waals surface area contributed by atoms with Gasteiger partial charge >= 0.3 is 0 Å². The third-order valence-corrected chi connectivity index (χ3v) is 8.53. The van der Waals surface area contributed by atoms with Gasteiger partial charge in [-0.25, -0.2) is 12.7 Å². The average molecular weight is 543 g/mol. The van der Waals surface area contributed by atoms with Gasteiger partial charge < -0.3 is 14.1 Å². The van der Waals surface area contributed by atoms with Crippen LogP contribution in [0.5, 0.6) is 5.75 Å². The largest absolute Gasteiger partial charge is 0.494 e. The highest BCUT2D eigenvalue weighted by Gasteiger charge is 2.24. The molecule has 0 N–H and O–H groups in total. The summed E-state index contributed by atoms with van der Waals surface area (Å²) in [5.74, 6) is 1.07. The molecule has 0 atom stereocenters. The van der Waals surface area contributed by atoms with Gasteiger partial charge in [0.05, 0.1) is 17.1 Å². The van der Waals surface area contributed by atoms with Gasteiger partial charge in [-0.05, 0) is 74.8 Å². The highest BCUT2D eigenvalue weighted by Crippen LogP contribution is 2.31. The maximum absolute atomic E-state index is 13.5. The summed E-state index contributed by atoms with van der Waals surface area (Å²) in [7, 11) is -0.678. The molecule has 0 aliphatic rings. The van der Waals surface area contributed by atoms with Crippen LogP contribution in [0.4, 0.5) is 0 Å². The lowest BCUT2D eigenvalue weighted by Gasteiger charge is -2.21. The lowest BCUT2D eigenvalue weighted by molar-refractivity contribution is 0.103. The molecule has 0 saturated carbocycles. The van der Waals surface area contributed by atoms with Gasteiger partial charge in [0.2, 0.25) is 10.0 Å². The third kappa shape index (κ3) is 7.24. The van der Waals surface area contributed by atoms with Crippen LogP contribution in [-0.4, -0.2) is 63.7 Å². The lowest BCUT2D eigenvalue weighted by atomic mass is 9.99. The summed E-state index contributed by atoms with van der Waals surface area (Å²) in [6, 6.07) is 11.8. The van der Waals surface area contributed by atoms with E-state index in [1.54, 1.807) is 18.2 Å². The Morgan fingerprint density at radius 1 is 0.895 bits per heavy atom. The molecule has 0 saturated heterocycles. The van der Waals surface area contributed by atoms with Crippen molar-refractivity contribution in [3.63, 3.8) is 0 Å². The monoisotopic (exact) mass is 542 g/mol. The lowest BCUT2D eigenvalue weighted by Crippen LogP contribution is -2.28. The van der Waals surface area contributed by atoms with Crippen molar-refractivity contribution < 1.29 is 22.4 Å². The number of fused-ring (bicyclic) bond motifs is 1. The number of carbonyl (C=O) groups is 1. The molecule has 0 aliphatic heterocycles. The maximum Gasteiger partial charge on any atom is 0.242 e. The van der Waals surface area contributed by atoms with E-state index >= 15 is 0 Å². The van der Waals surface area contributed by atoms with Crippen LogP contribution >= 0.6 is 0 Å². The van der Waals surface area contributed by atoms with Crippen LogP contribution in [0.15, 0.2) is 51.8 Å². The first-order valence-electron chi connectivity index (χ1n) is 13.7. The van der Waals surface area contributed by atoms with E-state index in [1.165, 1.54) is 51.9 Å². The molecule has 0 spiro atoms. The Hall–Kier alpha value is -2.68. The number of sulfonamides is 1. The summed E-state index contributed by atoms with van der Waals surface area (Å²) in [6.45, 7) is 10.3. The normalized spacial score (nSPS) is 12.1. The molecule has 0 radical (unpaired) electrons. The van der Waals surface area contributed by atoms with Crippen molar-refractivity contribution in [1.82, 2.24) is 9.21 Å². The topological polar surface area (TPSA) is 80.1 Å². The summed E-state index contributed by atoms with van der Waals surface area (Å²) in [5.41, 5.74) is 1.40. The van der Waals surface area contributed by atoms with Crippen LogP contribution in [0.3, 0.4) is 0 Å². The number of unbranched alkanes of at least 4 members (excludes halogenated alkanes) is 2. The summed E-state index contributed by atoms with van der Waals surface area (Å²) < 4.78 is 38.4. The van der Waals surface area contributed by atoms with Gasteiger partial charge in [0, 0.05) is 38.0 Å². The third-order valence-electron chi connectivity index (χ3n) is 6.72. The quantitative estimate of drug-likeness (QED) is 0.160. The molecule has 0 bridgehead atoms. The number of carbonyl (C=O) groups excluding carboxylic acids is 1. The van der Waals surface area contributed by atoms with Crippen molar-refractivity contribution >= 4 is 26.8 Å². The predicted octanol–water partition coefficient (Wildman–Crippen LogP) is 6.15. The zero-order valence-corrected chi connectivity index (χ0v) is 24.3. The number of benzene rings is 2. The predicted molar refractivity (Wildman–Crippen MR) is 153 cm³/mol. The SMILES string of the molecule is CCCCN(CCCC)CCCOc1ccc(C(=O)c2c(CC)oc3ccc(S(=O)(=O)N(C)C)cc23)cc1. The molecule has 1 heterocycles. The Bertz CT molecular complexity index is 1290. The van der Waals surface area contributed by atoms with E-state index in [0.29, 0.717) is 40.9 Å². The number of ether oxygens (including phenoxy) is 1. The van der Waals surface area contributed by atoms with Crippen molar-refractivity contribution in [2.45, 2.75) is 64.2 Å². The maximum atomic E-state index is 13.5. The fourth-order valence-corrected chi connectivity index (χ4v) is 5.35. The van der Waals surface area contributed by atoms with Crippen molar-refractivity contribution in [1.29, 1.82) is 0 Å². The number of aryl methyl sites for hydroxylation is 1. The molecule has 3 aromatic rings. The smallest absolute Gasteiger partial charge is 0.242 e. The van der Waals surface area contributed by atoms with E-state index in [-0.39, 0.29) is 10.7 Å². The minimum atomic E-state index is -3.64. The van der Waals surface area contributed by atoms with Crippen molar-refractivity contribution in [3.8, 4) is 5.75 Å². The molecule has 3 rings (SSSR count). The van der Waals surface area contributed by atoms with E-state index in [2.05, 4.69) is 18.7 Å². The molecule has 7 nitrogen and oxygen atoms in total. The fourth-order valence-electron chi connectivity index (χ4n) is 4.42. The van der Waals surface area contributed by atoms with Crippen LogP contribution in [-0.2, 0) is 16.4 Å². The Balaban J connectivity index is 1.71. The van der Waals surface area contributed by atoms with Crippen LogP contribution in [0.25, 0.3) is 11.0 Å². The Morgan fingerprint density at radius 3 is 2.11 bits per heavy atom. The average Bonchev–Trinajstić information content (AvgIpc) is 3.29. The van der Waals surface area contributed by atoms with Crippen molar-refractivity contribution in [2.75, 3.05) is 40.3 Å². The van der Waals surface area contributed by atoms with Gasteiger partial charge in [-0.1, -0.05) is 33.6 Å². The number of furan rings is 1. The highest BCUT2D eigenvalue weighted by atomic mass is 32.2. The Kier molecular flexibility index (Phi) is 10.9. The van der Waals surface area contributed by atoms with E-state index in [9.17, 15) is 13.2 Å². The molecular weight excluding hydrogens is 500 g/mol. The van der Waals surface area contributed by atoms with Crippen LogP contribution in [0.2, 0.25) is 0 Å². The molecule has 0 unspecified atom stereocenters. The zero-order chi connectivity index (χ0) is 27.7. The molecule has 208 valence electrons. The Labute approximate surface area is 227 Å². The van der Waals surface area contributed by atoms with Crippen LogP contribution < -0.4 is 4.74 Å². The van der Waals surface area contributed by atoms with Crippen LogP contribution in [0, 0.1) is 0 Å². The molecule has 38 heavy (non-hydrogen) atoms. The second-order valence-electron chi connectivity index (χ2n) is 9.80. The second-order valence-corrected chi connectivity index (χ2v) is 12.0. The molecule has 0 aliphatic carbocycles. The van der Waals surface area contributed by atoms with Gasteiger partial charge in [0.25, 0.3) is 0 Å². The standard InChI is InChI=1S/C30H42N2O5S/c1-6-9-18-32(19-10-7-2)20-11-21-36-24-14-12-23(13-15-24)30(33)29-26-22-25(38(34,35)31(4)5)16-17-28(26)37-27(29)8-3/h12-17,22H,6-11,18-21H2,1-5H3. The first kappa shape index (κ1) is 29.9. The Morgan fingerprint density at radius 2 is 1.53 bits per heavy atom. The van der Waals surface area contributed by atoms with Gasteiger partial charge in [-0.15, -0.1) is 0 Å². The summed E-state index contributed by atoms with van der Waals surface area (Å²) in [5, 5.41) is 0.505. The molecule has 2 aromatic carbocycles. The minimum absolute atomic E-state index is 0.124. The molecule has 8 heteroatoms. The summed E-state index contributed by atoms with van der Waals surface area (Å²) in [4.78, 5) is 16.2. The number of hydrogen-bond donors (Lipinski definition) is 0.